The Morgan fingerprint density at radius 1 is 1.15 bits per heavy atom. The van der Waals surface area contributed by atoms with Gasteiger partial charge in [0.05, 0.1) is 19.3 Å². The molecule has 1 aliphatic rings. The fourth-order valence-electron chi connectivity index (χ4n) is 3.62. The molecule has 1 fully saturated rings. The number of anilines is 1. The van der Waals surface area contributed by atoms with E-state index in [2.05, 4.69) is 25.6 Å². The number of hydrogen-bond donors (Lipinski definition) is 2. The average molecular weight is 449 g/mol. The second-order valence-electron chi connectivity index (χ2n) is 7.54. The van der Waals surface area contributed by atoms with Crippen LogP contribution >= 0.6 is 0 Å². The molecule has 0 unspecified atom stereocenters. The monoisotopic (exact) mass is 448 g/mol. The summed E-state index contributed by atoms with van der Waals surface area (Å²) in [5, 5.41) is 6.57. The highest BCUT2D eigenvalue weighted by atomic mass is 16.5. The van der Waals surface area contributed by atoms with Gasteiger partial charge in [-0.2, -0.15) is 0 Å². The topological polar surface area (TPSA) is 102 Å². The molecule has 1 aliphatic heterocycles. The highest BCUT2D eigenvalue weighted by Gasteiger charge is 2.19. The van der Waals surface area contributed by atoms with Crippen LogP contribution in [0.25, 0.3) is 11.4 Å². The minimum Gasteiger partial charge on any atom is -0.493 e. The maximum Gasteiger partial charge on any atom is 0.255 e. The zero-order valence-corrected chi connectivity index (χ0v) is 18.9. The van der Waals surface area contributed by atoms with E-state index in [-0.39, 0.29) is 5.91 Å². The van der Waals surface area contributed by atoms with E-state index in [0.717, 1.165) is 18.7 Å². The smallest absolute Gasteiger partial charge is 0.255 e. The van der Waals surface area contributed by atoms with Gasteiger partial charge in [-0.05, 0) is 36.8 Å². The number of piperazine rings is 1. The third-order valence-electron chi connectivity index (χ3n) is 5.30. The van der Waals surface area contributed by atoms with Crippen LogP contribution in [-0.2, 0) is 6.54 Å². The zero-order chi connectivity index (χ0) is 23.0. The fourth-order valence-corrected chi connectivity index (χ4v) is 3.62. The van der Waals surface area contributed by atoms with Gasteiger partial charge in [-0.1, -0.05) is 6.07 Å². The molecule has 9 nitrogen and oxygen atoms in total. The van der Waals surface area contributed by atoms with Gasteiger partial charge in [0.15, 0.2) is 17.3 Å². The first kappa shape index (κ1) is 22.5. The lowest BCUT2D eigenvalue weighted by atomic mass is 10.1. The largest absolute Gasteiger partial charge is 0.493 e. The van der Waals surface area contributed by atoms with Crippen molar-refractivity contribution in [3.63, 3.8) is 0 Å². The van der Waals surface area contributed by atoms with Crippen LogP contribution in [-0.4, -0.2) is 65.7 Å². The van der Waals surface area contributed by atoms with Crippen molar-refractivity contribution in [1.82, 2.24) is 25.2 Å². The van der Waals surface area contributed by atoms with Crippen LogP contribution in [0.2, 0.25) is 0 Å². The molecule has 33 heavy (non-hydrogen) atoms. The second kappa shape index (κ2) is 10.7. The molecule has 0 radical (unpaired) electrons. The van der Waals surface area contributed by atoms with Crippen LogP contribution in [0, 0.1) is 0 Å². The van der Waals surface area contributed by atoms with Crippen molar-refractivity contribution in [3.05, 3.63) is 60.0 Å². The number of pyridine rings is 1. The van der Waals surface area contributed by atoms with Crippen molar-refractivity contribution in [2.75, 3.05) is 45.2 Å². The van der Waals surface area contributed by atoms with Gasteiger partial charge in [0.25, 0.3) is 5.91 Å². The summed E-state index contributed by atoms with van der Waals surface area (Å²) in [4.78, 5) is 27.9. The Morgan fingerprint density at radius 2 is 2.00 bits per heavy atom. The molecule has 0 saturated carbocycles. The number of carbonyl (C=O) groups excluding carboxylic acids is 1. The summed E-state index contributed by atoms with van der Waals surface area (Å²) >= 11 is 0. The number of amides is 1. The predicted molar refractivity (Wildman–Crippen MR) is 126 cm³/mol. The molecule has 9 heteroatoms. The molecule has 1 aromatic carbocycles. The van der Waals surface area contributed by atoms with E-state index < -0.39 is 0 Å². The van der Waals surface area contributed by atoms with Crippen molar-refractivity contribution >= 4 is 11.7 Å². The highest BCUT2D eigenvalue weighted by molar-refractivity contribution is 5.95. The molecule has 2 N–H and O–H groups in total. The Hall–Kier alpha value is -3.72. The number of ether oxygens (including phenoxy) is 2. The molecular weight excluding hydrogens is 420 g/mol. The Balaban J connectivity index is 1.47. The lowest BCUT2D eigenvalue weighted by Gasteiger charge is -2.27. The minimum atomic E-state index is -0.0234. The average Bonchev–Trinajstić information content (AvgIpc) is 2.88. The van der Waals surface area contributed by atoms with E-state index in [0.29, 0.717) is 60.5 Å². The number of benzene rings is 1. The third kappa shape index (κ3) is 5.56. The molecule has 3 aromatic rings. The molecule has 0 atom stereocenters. The van der Waals surface area contributed by atoms with Crippen molar-refractivity contribution in [2.24, 2.45) is 0 Å². The maximum atomic E-state index is 12.8. The van der Waals surface area contributed by atoms with Crippen LogP contribution in [0.15, 0.2) is 48.9 Å². The standard InChI is InChI=1S/C24H28N6O3/c1-3-33-21-12-17(4-5-20(21)32-2)14-28-22-6-7-27-23(29-22)18-13-19(16-26-15-18)24(31)30-10-8-25-9-11-30/h4-7,12-13,15-16,25H,3,8-11,14H2,1-2H3,(H,27,28,29). The Kier molecular flexibility index (Phi) is 7.31. The van der Waals surface area contributed by atoms with E-state index in [1.165, 1.54) is 0 Å². The van der Waals surface area contributed by atoms with Gasteiger partial charge in [0.2, 0.25) is 0 Å². The SMILES string of the molecule is CCOc1cc(CNc2ccnc(-c3cncc(C(=O)N4CCNCC4)c3)n2)ccc1OC. The zero-order valence-electron chi connectivity index (χ0n) is 18.9. The summed E-state index contributed by atoms with van der Waals surface area (Å²) in [6, 6.07) is 9.42. The Bertz CT molecular complexity index is 1100. The molecule has 3 heterocycles. The van der Waals surface area contributed by atoms with Gasteiger partial charge in [0.1, 0.15) is 5.82 Å². The van der Waals surface area contributed by atoms with Crippen molar-refractivity contribution in [2.45, 2.75) is 13.5 Å². The van der Waals surface area contributed by atoms with E-state index in [1.54, 1.807) is 37.8 Å². The first-order valence-corrected chi connectivity index (χ1v) is 11.0. The van der Waals surface area contributed by atoms with Crippen LogP contribution in [0.3, 0.4) is 0 Å². The second-order valence-corrected chi connectivity index (χ2v) is 7.54. The number of carbonyl (C=O) groups is 1. The predicted octanol–water partition coefficient (Wildman–Crippen LogP) is 2.60. The molecular formula is C24H28N6O3. The molecule has 1 saturated heterocycles. The molecule has 0 spiro atoms. The quantitative estimate of drug-likeness (QED) is 0.542. The summed E-state index contributed by atoms with van der Waals surface area (Å²) < 4.78 is 11.0. The summed E-state index contributed by atoms with van der Waals surface area (Å²) in [7, 11) is 1.62. The fraction of sp³-hybridized carbons (Fsp3) is 0.333. The first-order valence-electron chi connectivity index (χ1n) is 11.0. The number of hydrogen-bond acceptors (Lipinski definition) is 8. The normalized spacial score (nSPS) is 13.5. The van der Waals surface area contributed by atoms with Gasteiger partial charge in [0, 0.05) is 56.9 Å². The number of rotatable bonds is 8. The van der Waals surface area contributed by atoms with Crippen LogP contribution in [0.1, 0.15) is 22.8 Å². The van der Waals surface area contributed by atoms with Crippen LogP contribution in [0.4, 0.5) is 5.82 Å². The van der Waals surface area contributed by atoms with Crippen molar-refractivity contribution < 1.29 is 14.3 Å². The number of methoxy groups -OCH3 is 1. The minimum absolute atomic E-state index is 0.0234. The van der Waals surface area contributed by atoms with Gasteiger partial charge in [-0.25, -0.2) is 9.97 Å². The molecule has 0 bridgehead atoms. The lowest BCUT2D eigenvalue weighted by molar-refractivity contribution is 0.0735. The molecule has 4 rings (SSSR count). The lowest BCUT2D eigenvalue weighted by Crippen LogP contribution is -2.46. The molecule has 1 amide bonds. The van der Waals surface area contributed by atoms with Crippen molar-refractivity contribution in [1.29, 1.82) is 0 Å². The molecule has 0 aliphatic carbocycles. The van der Waals surface area contributed by atoms with Crippen LogP contribution in [0.5, 0.6) is 11.5 Å². The van der Waals surface area contributed by atoms with Gasteiger partial charge in [-0.3, -0.25) is 9.78 Å². The number of nitrogens with one attached hydrogen (secondary N) is 2. The van der Waals surface area contributed by atoms with Crippen LogP contribution < -0.4 is 20.1 Å². The Morgan fingerprint density at radius 3 is 2.79 bits per heavy atom. The molecule has 172 valence electrons. The summed E-state index contributed by atoms with van der Waals surface area (Å²) in [6.45, 7) is 6.04. The number of aromatic nitrogens is 3. The number of nitrogens with zero attached hydrogens (tertiary/aromatic N) is 4. The summed E-state index contributed by atoms with van der Waals surface area (Å²) in [5.74, 6) is 2.57. The highest BCUT2D eigenvalue weighted by Crippen LogP contribution is 2.28. The first-order chi connectivity index (χ1) is 16.2. The van der Waals surface area contributed by atoms with E-state index in [4.69, 9.17) is 9.47 Å². The van der Waals surface area contributed by atoms with E-state index >= 15 is 0 Å². The third-order valence-corrected chi connectivity index (χ3v) is 5.30. The summed E-state index contributed by atoms with van der Waals surface area (Å²) in [5.41, 5.74) is 2.27. The van der Waals surface area contributed by atoms with Gasteiger partial charge in [-0.15, -0.1) is 0 Å². The van der Waals surface area contributed by atoms with E-state index in [9.17, 15) is 4.79 Å². The van der Waals surface area contributed by atoms with Gasteiger partial charge >= 0.3 is 0 Å². The van der Waals surface area contributed by atoms with Crippen molar-refractivity contribution in [3.8, 4) is 22.9 Å². The molecule has 2 aromatic heterocycles. The van der Waals surface area contributed by atoms with Gasteiger partial charge < -0.3 is 25.0 Å². The van der Waals surface area contributed by atoms with E-state index in [1.807, 2.05) is 30.0 Å². The summed E-state index contributed by atoms with van der Waals surface area (Å²) in [6.07, 6.45) is 4.95. The maximum absolute atomic E-state index is 12.8. The Labute approximate surface area is 193 Å².